The van der Waals surface area contributed by atoms with E-state index >= 15 is 0 Å². The number of imidazole rings is 1. The number of ether oxygens (including phenoxy) is 1. The molecule has 0 atom stereocenters. The second kappa shape index (κ2) is 5.61. The van der Waals surface area contributed by atoms with Crippen LogP contribution in [0.15, 0.2) is 24.3 Å². The Labute approximate surface area is 109 Å². The molecule has 0 N–H and O–H groups in total. The van der Waals surface area contributed by atoms with E-state index in [0.29, 0.717) is 13.0 Å². The zero-order valence-corrected chi connectivity index (χ0v) is 10.6. The summed E-state index contributed by atoms with van der Waals surface area (Å²) in [7, 11) is 0. The van der Waals surface area contributed by atoms with Crippen molar-refractivity contribution in [3.05, 3.63) is 30.1 Å². The maximum absolute atomic E-state index is 11.9. The topological polar surface area (TPSA) is 27.1 Å². The molecule has 0 saturated heterocycles. The Hall–Kier alpha value is -1.56. The van der Waals surface area contributed by atoms with Gasteiger partial charge in [-0.2, -0.15) is 13.2 Å². The summed E-state index contributed by atoms with van der Waals surface area (Å²) >= 11 is 0. The Balaban J connectivity index is 1.90. The lowest BCUT2D eigenvalue weighted by Gasteiger charge is -2.09. The lowest BCUT2D eigenvalue weighted by molar-refractivity contribution is -0.174. The molecule has 0 fully saturated rings. The van der Waals surface area contributed by atoms with Crippen LogP contribution in [0.1, 0.15) is 12.2 Å². The Morgan fingerprint density at radius 1 is 1.26 bits per heavy atom. The number of para-hydroxylation sites is 2. The molecule has 19 heavy (non-hydrogen) atoms. The Morgan fingerprint density at radius 2 is 2.00 bits per heavy atom. The molecular formula is C13H15F3N2O. The maximum Gasteiger partial charge on any atom is 0.411 e. The number of halogens is 3. The molecule has 3 nitrogen and oxygen atoms in total. The van der Waals surface area contributed by atoms with Gasteiger partial charge in [0.15, 0.2) is 0 Å². The highest BCUT2D eigenvalue weighted by molar-refractivity contribution is 5.75. The zero-order chi connectivity index (χ0) is 13.9. The van der Waals surface area contributed by atoms with Crippen LogP contribution in [-0.4, -0.2) is 28.9 Å². The molecule has 104 valence electrons. The molecule has 2 aromatic rings. The van der Waals surface area contributed by atoms with E-state index in [0.717, 1.165) is 16.9 Å². The molecular weight excluding hydrogens is 257 g/mol. The third-order valence-electron chi connectivity index (χ3n) is 2.78. The van der Waals surface area contributed by atoms with Gasteiger partial charge in [-0.1, -0.05) is 12.1 Å². The minimum atomic E-state index is -4.25. The molecule has 1 aromatic carbocycles. The minimum absolute atomic E-state index is 0.0887. The van der Waals surface area contributed by atoms with Crippen LogP contribution in [-0.2, 0) is 11.3 Å². The van der Waals surface area contributed by atoms with E-state index in [9.17, 15) is 13.2 Å². The molecule has 0 bridgehead atoms. The van der Waals surface area contributed by atoms with Crippen molar-refractivity contribution >= 4 is 11.0 Å². The molecule has 0 aliphatic carbocycles. The van der Waals surface area contributed by atoms with Crippen molar-refractivity contribution in [2.75, 3.05) is 13.2 Å². The van der Waals surface area contributed by atoms with Crippen molar-refractivity contribution < 1.29 is 17.9 Å². The van der Waals surface area contributed by atoms with Gasteiger partial charge in [0.25, 0.3) is 0 Å². The van der Waals surface area contributed by atoms with E-state index < -0.39 is 12.8 Å². The van der Waals surface area contributed by atoms with E-state index in [1.807, 2.05) is 35.8 Å². The Morgan fingerprint density at radius 3 is 2.74 bits per heavy atom. The predicted octanol–water partition coefficient (Wildman–Crippen LogP) is 3.31. The Kier molecular flexibility index (Phi) is 4.09. The number of hydrogen-bond acceptors (Lipinski definition) is 2. The fourth-order valence-electron chi connectivity index (χ4n) is 1.99. The van der Waals surface area contributed by atoms with Crippen LogP contribution < -0.4 is 0 Å². The monoisotopic (exact) mass is 272 g/mol. The van der Waals surface area contributed by atoms with Gasteiger partial charge < -0.3 is 9.30 Å². The summed E-state index contributed by atoms with van der Waals surface area (Å²) in [6.07, 6.45) is -3.73. The van der Waals surface area contributed by atoms with E-state index in [4.69, 9.17) is 0 Å². The second-order valence-electron chi connectivity index (χ2n) is 4.32. The van der Waals surface area contributed by atoms with Crippen LogP contribution in [0, 0.1) is 6.92 Å². The van der Waals surface area contributed by atoms with Crippen molar-refractivity contribution in [3.8, 4) is 0 Å². The number of benzene rings is 1. The molecule has 0 radical (unpaired) electrons. The lowest BCUT2D eigenvalue weighted by Crippen LogP contribution is -2.17. The number of nitrogens with zero attached hydrogens (tertiary/aromatic N) is 2. The first-order chi connectivity index (χ1) is 8.97. The minimum Gasteiger partial charge on any atom is -0.372 e. The van der Waals surface area contributed by atoms with Crippen LogP contribution in [0.3, 0.4) is 0 Å². The van der Waals surface area contributed by atoms with Crippen molar-refractivity contribution in [1.82, 2.24) is 9.55 Å². The number of aromatic nitrogens is 2. The summed E-state index contributed by atoms with van der Waals surface area (Å²) in [6.45, 7) is 1.39. The first kappa shape index (κ1) is 13.9. The standard InChI is InChI=1S/C13H15F3N2O/c1-10-17-11-5-2-3-6-12(11)18(10)7-4-8-19-9-13(14,15)16/h2-3,5-6H,4,7-9H2,1H3. The van der Waals surface area contributed by atoms with Crippen molar-refractivity contribution in [1.29, 1.82) is 0 Å². The van der Waals surface area contributed by atoms with Gasteiger partial charge in [-0.15, -0.1) is 0 Å². The van der Waals surface area contributed by atoms with Crippen LogP contribution >= 0.6 is 0 Å². The van der Waals surface area contributed by atoms with Crippen LogP contribution in [0.4, 0.5) is 13.2 Å². The third-order valence-corrected chi connectivity index (χ3v) is 2.78. The maximum atomic E-state index is 11.9. The van der Waals surface area contributed by atoms with Gasteiger partial charge in [0.05, 0.1) is 11.0 Å². The van der Waals surface area contributed by atoms with Crippen molar-refractivity contribution in [2.24, 2.45) is 0 Å². The summed E-state index contributed by atoms with van der Waals surface area (Å²) in [5.74, 6) is 0.858. The molecule has 0 unspecified atom stereocenters. The molecule has 2 rings (SSSR count). The number of alkyl halides is 3. The molecule has 0 spiro atoms. The molecule has 0 aliphatic rings. The molecule has 0 amide bonds. The highest BCUT2D eigenvalue weighted by atomic mass is 19.4. The molecule has 1 aromatic heterocycles. The largest absolute Gasteiger partial charge is 0.411 e. The van der Waals surface area contributed by atoms with Gasteiger partial charge >= 0.3 is 6.18 Å². The molecule has 0 saturated carbocycles. The van der Waals surface area contributed by atoms with E-state index in [1.165, 1.54) is 0 Å². The summed E-state index contributed by atoms with van der Waals surface area (Å²) < 4.78 is 42.2. The zero-order valence-electron chi connectivity index (χ0n) is 10.6. The average Bonchev–Trinajstić information content (AvgIpc) is 2.64. The summed E-state index contributed by atoms with van der Waals surface area (Å²) in [5.41, 5.74) is 1.90. The van der Waals surface area contributed by atoms with Gasteiger partial charge in [0, 0.05) is 13.2 Å². The first-order valence-electron chi connectivity index (χ1n) is 6.04. The van der Waals surface area contributed by atoms with E-state index in [-0.39, 0.29) is 6.61 Å². The average molecular weight is 272 g/mol. The molecule has 1 heterocycles. The normalized spacial score (nSPS) is 12.2. The van der Waals surface area contributed by atoms with Crippen molar-refractivity contribution in [2.45, 2.75) is 26.1 Å². The summed E-state index contributed by atoms with van der Waals surface area (Å²) in [6, 6.07) is 7.69. The molecule has 0 aliphatic heterocycles. The fourth-order valence-corrected chi connectivity index (χ4v) is 1.99. The second-order valence-corrected chi connectivity index (χ2v) is 4.32. The van der Waals surface area contributed by atoms with Crippen LogP contribution in [0.5, 0.6) is 0 Å². The number of aryl methyl sites for hydroxylation is 2. The SMILES string of the molecule is Cc1nc2ccccc2n1CCCOCC(F)(F)F. The fraction of sp³-hybridized carbons (Fsp3) is 0.462. The van der Waals surface area contributed by atoms with Crippen molar-refractivity contribution in [3.63, 3.8) is 0 Å². The van der Waals surface area contributed by atoms with Gasteiger partial charge in [-0.25, -0.2) is 4.98 Å². The van der Waals surface area contributed by atoms with E-state index in [2.05, 4.69) is 9.72 Å². The van der Waals surface area contributed by atoms with E-state index in [1.54, 1.807) is 0 Å². The third kappa shape index (κ3) is 3.70. The lowest BCUT2D eigenvalue weighted by atomic mass is 10.3. The van der Waals surface area contributed by atoms with Crippen LogP contribution in [0.2, 0.25) is 0 Å². The van der Waals surface area contributed by atoms with Crippen LogP contribution in [0.25, 0.3) is 11.0 Å². The number of fused-ring (bicyclic) bond motifs is 1. The Bertz CT molecular complexity index is 548. The number of hydrogen-bond donors (Lipinski definition) is 0. The smallest absolute Gasteiger partial charge is 0.372 e. The quantitative estimate of drug-likeness (QED) is 0.781. The van der Waals surface area contributed by atoms with Gasteiger partial charge in [-0.05, 0) is 25.5 Å². The van der Waals surface area contributed by atoms with Gasteiger partial charge in [-0.3, -0.25) is 0 Å². The predicted molar refractivity (Wildman–Crippen MR) is 66.0 cm³/mol. The first-order valence-corrected chi connectivity index (χ1v) is 6.04. The highest BCUT2D eigenvalue weighted by Crippen LogP contribution is 2.17. The summed E-state index contributed by atoms with van der Waals surface area (Å²) in [4.78, 5) is 4.39. The van der Waals surface area contributed by atoms with Gasteiger partial charge in [0.1, 0.15) is 12.4 Å². The summed E-state index contributed by atoms with van der Waals surface area (Å²) in [5, 5.41) is 0. The number of rotatable bonds is 5. The van der Waals surface area contributed by atoms with Gasteiger partial charge in [0.2, 0.25) is 0 Å². The highest BCUT2D eigenvalue weighted by Gasteiger charge is 2.27. The molecule has 6 heteroatoms.